The van der Waals surface area contributed by atoms with Crippen LogP contribution in [0, 0.1) is 0 Å². The van der Waals surface area contributed by atoms with Gasteiger partial charge in [-0.05, 0) is 0 Å². The molecule has 2 heterocycles. The first-order valence-corrected chi connectivity index (χ1v) is 9.32. The second-order valence-electron chi connectivity index (χ2n) is 6.16. The molecule has 9 N–H and O–H groups in total. The van der Waals surface area contributed by atoms with Gasteiger partial charge in [0.25, 0.3) is 0 Å². The van der Waals surface area contributed by atoms with E-state index in [1.165, 1.54) is 0 Å². The van der Waals surface area contributed by atoms with Gasteiger partial charge in [-0.3, -0.25) is 4.52 Å². The summed E-state index contributed by atoms with van der Waals surface area (Å²) in [5.74, 6) is -2.42. The predicted molar refractivity (Wildman–Crippen MR) is 79.6 cm³/mol. The van der Waals surface area contributed by atoms with Gasteiger partial charge in [0.05, 0.1) is 13.2 Å². The van der Waals surface area contributed by atoms with Gasteiger partial charge in [0.2, 0.25) is 5.79 Å². The molecule has 14 nitrogen and oxygen atoms in total. The van der Waals surface area contributed by atoms with Crippen LogP contribution in [-0.4, -0.2) is 120 Å². The molecule has 27 heavy (non-hydrogen) atoms. The largest absolute Gasteiger partial charge is 0.469 e. The number of hydrogen-bond donors (Lipinski definition) is 9. The average molecular weight is 422 g/mol. The highest BCUT2D eigenvalue weighted by molar-refractivity contribution is 7.46. The van der Waals surface area contributed by atoms with Crippen LogP contribution in [0.25, 0.3) is 0 Å². The molecule has 0 saturated carbocycles. The zero-order valence-electron chi connectivity index (χ0n) is 13.8. The Labute approximate surface area is 152 Å². The molecule has 0 aromatic heterocycles. The molecule has 2 fully saturated rings. The Bertz CT molecular complexity index is 540. The van der Waals surface area contributed by atoms with Crippen LogP contribution in [0.1, 0.15) is 0 Å². The first-order valence-electron chi connectivity index (χ1n) is 7.79. The minimum atomic E-state index is -4.92. The summed E-state index contributed by atoms with van der Waals surface area (Å²) in [6, 6.07) is 0. The number of phosphoric ester groups is 1. The Morgan fingerprint density at radius 2 is 1.56 bits per heavy atom. The lowest BCUT2D eigenvalue weighted by atomic mass is 9.99. The van der Waals surface area contributed by atoms with Crippen molar-refractivity contribution >= 4 is 7.82 Å². The third kappa shape index (κ3) is 4.83. The summed E-state index contributed by atoms with van der Waals surface area (Å²) in [7, 11) is -4.92. The van der Waals surface area contributed by atoms with Crippen molar-refractivity contribution in [3.8, 4) is 0 Å². The summed E-state index contributed by atoms with van der Waals surface area (Å²) >= 11 is 0. The van der Waals surface area contributed by atoms with Crippen LogP contribution in [0.3, 0.4) is 0 Å². The standard InChI is InChI=1S/C12H23O14P/c13-1-4-6(15)8(17)9(18)11(24-4)26-12(3-14)10(19)7(16)5(25-12)2-23-27(20,21)22/h4-11,13-19H,1-3H2,(H2,20,21,22)/t4-,5-,6-,7-,8+,9-,10+,11+,12+/m0/s1. The fourth-order valence-electron chi connectivity index (χ4n) is 2.79. The molecule has 0 amide bonds. The molecule has 160 valence electrons. The molecule has 2 aliphatic heterocycles. The maximum Gasteiger partial charge on any atom is 0.469 e. The van der Waals surface area contributed by atoms with Crippen molar-refractivity contribution in [3.63, 3.8) is 0 Å². The van der Waals surface area contributed by atoms with E-state index in [1.807, 2.05) is 0 Å². The Morgan fingerprint density at radius 3 is 2.07 bits per heavy atom. The van der Waals surface area contributed by atoms with E-state index in [0.29, 0.717) is 0 Å². The highest BCUT2D eigenvalue weighted by Crippen LogP contribution is 2.40. The zero-order valence-corrected chi connectivity index (χ0v) is 14.6. The fourth-order valence-corrected chi connectivity index (χ4v) is 3.13. The van der Waals surface area contributed by atoms with Gasteiger partial charge in [0.1, 0.15) is 49.3 Å². The van der Waals surface area contributed by atoms with Crippen LogP contribution in [0.15, 0.2) is 0 Å². The molecule has 2 rings (SSSR count). The first-order chi connectivity index (χ1) is 12.5. The quantitative estimate of drug-likeness (QED) is 0.174. The minimum absolute atomic E-state index is 0.762. The first kappa shape index (κ1) is 23.0. The van der Waals surface area contributed by atoms with Crippen LogP contribution in [0.5, 0.6) is 0 Å². The number of aliphatic hydroxyl groups is 7. The minimum Gasteiger partial charge on any atom is -0.394 e. The van der Waals surface area contributed by atoms with Gasteiger partial charge in [0, 0.05) is 0 Å². The Morgan fingerprint density at radius 1 is 0.926 bits per heavy atom. The summed E-state index contributed by atoms with van der Waals surface area (Å²) in [6.45, 7) is -2.74. The number of rotatable bonds is 7. The van der Waals surface area contributed by atoms with E-state index in [4.69, 9.17) is 29.1 Å². The molecule has 0 aromatic carbocycles. The van der Waals surface area contributed by atoms with Crippen LogP contribution < -0.4 is 0 Å². The van der Waals surface area contributed by atoms with Gasteiger partial charge < -0.3 is 59.7 Å². The van der Waals surface area contributed by atoms with E-state index in [2.05, 4.69) is 4.52 Å². The van der Waals surface area contributed by atoms with Crippen LogP contribution >= 0.6 is 7.82 Å². The second-order valence-corrected chi connectivity index (χ2v) is 7.40. The van der Waals surface area contributed by atoms with Crippen LogP contribution in [0.4, 0.5) is 0 Å². The van der Waals surface area contributed by atoms with Crippen molar-refractivity contribution in [1.82, 2.24) is 0 Å². The molecule has 0 spiro atoms. The van der Waals surface area contributed by atoms with Crippen molar-refractivity contribution in [2.75, 3.05) is 19.8 Å². The molecule has 0 bridgehead atoms. The van der Waals surface area contributed by atoms with E-state index in [9.17, 15) is 35.2 Å². The van der Waals surface area contributed by atoms with Gasteiger partial charge in [-0.2, -0.15) is 0 Å². The van der Waals surface area contributed by atoms with Gasteiger partial charge in [-0.25, -0.2) is 4.57 Å². The van der Waals surface area contributed by atoms with Crippen molar-refractivity contribution in [1.29, 1.82) is 0 Å². The zero-order chi connectivity index (χ0) is 20.6. The molecule has 0 aliphatic carbocycles. The summed E-state index contributed by atoms with van der Waals surface area (Å²) in [5, 5.41) is 68.3. The lowest BCUT2D eigenvalue weighted by molar-refractivity contribution is -0.383. The van der Waals surface area contributed by atoms with E-state index >= 15 is 0 Å². The van der Waals surface area contributed by atoms with Crippen molar-refractivity contribution < 1.29 is 68.8 Å². The Balaban J connectivity index is 2.15. The highest BCUT2D eigenvalue weighted by atomic mass is 31.2. The van der Waals surface area contributed by atoms with E-state index in [1.54, 1.807) is 0 Å². The fraction of sp³-hybridized carbons (Fsp3) is 1.00. The molecule has 15 heteroatoms. The van der Waals surface area contributed by atoms with E-state index in [0.717, 1.165) is 0 Å². The predicted octanol–water partition coefficient (Wildman–Crippen LogP) is -5.28. The van der Waals surface area contributed by atoms with Gasteiger partial charge in [-0.15, -0.1) is 0 Å². The molecule has 0 aromatic rings. The molecular formula is C12H23O14P. The maximum atomic E-state index is 10.8. The third-order valence-corrected chi connectivity index (χ3v) is 4.78. The third-order valence-electron chi connectivity index (χ3n) is 4.30. The lowest BCUT2D eigenvalue weighted by Crippen LogP contribution is -2.62. The molecule has 2 aliphatic rings. The summed E-state index contributed by atoms with van der Waals surface area (Å²) in [5.41, 5.74) is 0. The van der Waals surface area contributed by atoms with Gasteiger partial charge in [-0.1, -0.05) is 0 Å². The lowest BCUT2D eigenvalue weighted by Gasteiger charge is -2.43. The van der Waals surface area contributed by atoms with Crippen molar-refractivity contribution in [2.24, 2.45) is 0 Å². The summed E-state index contributed by atoms with van der Waals surface area (Å²) in [6.07, 6.45) is -13.9. The normalized spacial score (nSPS) is 46.0. The van der Waals surface area contributed by atoms with Gasteiger partial charge in [0.15, 0.2) is 6.29 Å². The molecule has 9 atom stereocenters. The summed E-state index contributed by atoms with van der Waals surface area (Å²) < 4.78 is 30.4. The number of ether oxygens (including phenoxy) is 3. The van der Waals surface area contributed by atoms with E-state index in [-0.39, 0.29) is 0 Å². The second kappa shape index (κ2) is 8.61. The van der Waals surface area contributed by atoms with Crippen LogP contribution in [-0.2, 0) is 23.3 Å². The number of hydrogen-bond acceptors (Lipinski definition) is 12. The average Bonchev–Trinajstić information content (AvgIpc) is 2.85. The van der Waals surface area contributed by atoms with Crippen molar-refractivity contribution in [3.05, 3.63) is 0 Å². The Kier molecular flexibility index (Phi) is 7.33. The molecule has 2 saturated heterocycles. The smallest absolute Gasteiger partial charge is 0.394 e. The van der Waals surface area contributed by atoms with Crippen LogP contribution in [0.2, 0.25) is 0 Å². The molecular weight excluding hydrogens is 399 g/mol. The Hall–Kier alpha value is -0.290. The van der Waals surface area contributed by atoms with Gasteiger partial charge >= 0.3 is 7.82 Å². The maximum absolute atomic E-state index is 10.8. The summed E-state index contributed by atoms with van der Waals surface area (Å²) in [4.78, 5) is 17.4. The topological polar surface area (TPSA) is 236 Å². The number of aliphatic hydroxyl groups excluding tert-OH is 7. The monoisotopic (exact) mass is 422 g/mol. The highest BCUT2D eigenvalue weighted by Gasteiger charge is 2.58. The van der Waals surface area contributed by atoms with Crippen molar-refractivity contribution in [2.45, 2.75) is 54.8 Å². The molecule has 0 unspecified atom stereocenters. The van der Waals surface area contributed by atoms with E-state index < -0.39 is 82.4 Å². The SMILES string of the molecule is O=P(O)(O)OC[C@@H]1O[C@](CO)(O[C@H]2O[C@@H](CO)[C@H](O)[C@@H](O)[C@@H]2O)[C@H](O)[C@H]1O. The molecule has 0 radical (unpaired) electrons. The number of phosphoric acid groups is 1.